The molecule has 0 aliphatic carbocycles. The summed E-state index contributed by atoms with van der Waals surface area (Å²) in [5.74, 6) is 0.194. The minimum Gasteiger partial charge on any atom is -0.455 e. The van der Waals surface area contributed by atoms with Crippen molar-refractivity contribution >= 4 is 15.5 Å². The second kappa shape index (κ2) is 5.13. The van der Waals surface area contributed by atoms with Crippen LogP contribution in [0.1, 0.15) is 5.56 Å². The Balaban J connectivity index is 2.38. The molecule has 0 aliphatic rings. The highest BCUT2D eigenvalue weighted by atomic mass is 32.2. The predicted octanol–water partition coefficient (Wildman–Crippen LogP) is 2.91. The van der Waals surface area contributed by atoms with E-state index >= 15 is 0 Å². The number of nitrogen functional groups attached to an aromatic ring is 1. The quantitative estimate of drug-likeness (QED) is 0.884. The summed E-state index contributed by atoms with van der Waals surface area (Å²) in [6.45, 7) is 1.59. The molecule has 2 rings (SSSR count). The van der Waals surface area contributed by atoms with E-state index in [1.807, 2.05) is 0 Å². The van der Waals surface area contributed by atoms with E-state index in [0.29, 0.717) is 11.3 Å². The maximum atomic E-state index is 13.3. The molecule has 0 fully saturated rings. The highest BCUT2D eigenvalue weighted by molar-refractivity contribution is 7.90. The third kappa shape index (κ3) is 3.08. The van der Waals surface area contributed by atoms with Crippen LogP contribution in [0.2, 0.25) is 0 Å². The van der Waals surface area contributed by atoms with Crippen LogP contribution in [-0.4, -0.2) is 14.7 Å². The first-order valence-corrected chi connectivity index (χ1v) is 7.70. The van der Waals surface area contributed by atoms with Crippen LogP contribution in [0.25, 0.3) is 0 Å². The fraction of sp³-hybridized carbons (Fsp3) is 0.143. The summed E-state index contributed by atoms with van der Waals surface area (Å²) in [6.07, 6.45) is 1.11. The van der Waals surface area contributed by atoms with E-state index in [0.717, 1.165) is 6.26 Å². The fourth-order valence-electron chi connectivity index (χ4n) is 1.65. The molecule has 0 atom stereocenters. The molecular formula is C14H14FNO3S. The summed E-state index contributed by atoms with van der Waals surface area (Å²) in [5.41, 5.74) is 6.23. The van der Waals surface area contributed by atoms with Crippen LogP contribution in [0.4, 0.5) is 10.1 Å². The Hall–Kier alpha value is -2.08. The lowest BCUT2D eigenvalue weighted by molar-refractivity contribution is 0.480. The lowest BCUT2D eigenvalue weighted by atomic mass is 10.2. The van der Waals surface area contributed by atoms with Crippen LogP contribution in [0, 0.1) is 12.7 Å². The van der Waals surface area contributed by atoms with E-state index in [1.54, 1.807) is 19.1 Å². The van der Waals surface area contributed by atoms with Gasteiger partial charge in [-0.05, 0) is 36.8 Å². The molecule has 2 aromatic rings. The minimum absolute atomic E-state index is 0.146. The Bertz CT molecular complexity index is 757. The number of anilines is 1. The zero-order valence-electron chi connectivity index (χ0n) is 11.1. The van der Waals surface area contributed by atoms with Gasteiger partial charge in [0.25, 0.3) is 0 Å². The molecule has 4 nitrogen and oxygen atoms in total. The molecule has 0 heterocycles. The fourth-order valence-corrected chi connectivity index (χ4v) is 2.31. The van der Waals surface area contributed by atoms with Crippen molar-refractivity contribution in [1.29, 1.82) is 0 Å². The molecule has 6 heteroatoms. The molecule has 20 heavy (non-hydrogen) atoms. The van der Waals surface area contributed by atoms with Crippen molar-refractivity contribution in [2.75, 3.05) is 12.0 Å². The van der Waals surface area contributed by atoms with Crippen LogP contribution in [-0.2, 0) is 9.84 Å². The van der Waals surface area contributed by atoms with Crippen LogP contribution >= 0.6 is 0 Å². The van der Waals surface area contributed by atoms with E-state index in [9.17, 15) is 12.8 Å². The first kappa shape index (κ1) is 14.3. The number of ether oxygens (including phenoxy) is 1. The average molecular weight is 295 g/mol. The SMILES string of the molecule is Cc1cc(Oc2cccc(S(C)(=O)=O)c2)c(N)cc1F. The van der Waals surface area contributed by atoms with Gasteiger partial charge in [0.1, 0.15) is 11.6 Å². The zero-order valence-corrected chi connectivity index (χ0v) is 11.9. The van der Waals surface area contributed by atoms with Crippen molar-refractivity contribution in [3.63, 3.8) is 0 Å². The Morgan fingerprint density at radius 3 is 2.55 bits per heavy atom. The standard InChI is InChI=1S/C14H14FNO3S/c1-9-6-14(13(16)8-12(9)15)19-10-4-3-5-11(7-10)20(2,17)18/h3-8H,16H2,1-2H3. The number of halogens is 1. The Morgan fingerprint density at radius 2 is 1.90 bits per heavy atom. The maximum Gasteiger partial charge on any atom is 0.175 e. The van der Waals surface area contributed by atoms with Crippen molar-refractivity contribution < 1.29 is 17.5 Å². The van der Waals surface area contributed by atoms with Gasteiger partial charge < -0.3 is 10.5 Å². The molecule has 0 radical (unpaired) electrons. The van der Waals surface area contributed by atoms with Crippen LogP contribution in [0.5, 0.6) is 11.5 Å². The van der Waals surface area contributed by atoms with Crippen molar-refractivity contribution in [3.8, 4) is 11.5 Å². The highest BCUT2D eigenvalue weighted by Crippen LogP contribution is 2.30. The topological polar surface area (TPSA) is 69.4 Å². The van der Waals surface area contributed by atoms with E-state index in [1.165, 1.54) is 24.3 Å². The van der Waals surface area contributed by atoms with E-state index in [-0.39, 0.29) is 16.3 Å². The number of rotatable bonds is 3. The Labute approximate surface area is 116 Å². The van der Waals surface area contributed by atoms with Crippen molar-refractivity contribution in [3.05, 3.63) is 47.8 Å². The van der Waals surface area contributed by atoms with Crippen molar-refractivity contribution in [2.24, 2.45) is 0 Å². The number of sulfone groups is 1. The molecule has 2 N–H and O–H groups in total. The number of nitrogens with two attached hydrogens (primary N) is 1. The summed E-state index contributed by atoms with van der Waals surface area (Å²) in [6, 6.07) is 8.68. The first-order valence-electron chi connectivity index (χ1n) is 5.81. The van der Waals surface area contributed by atoms with Crippen molar-refractivity contribution in [1.82, 2.24) is 0 Å². The van der Waals surface area contributed by atoms with Gasteiger partial charge in [-0.1, -0.05) is 6.07 Å². The van der Waals surface area contributed by atoms with Crippen LogP contribution in [0.3, 0.4) is 0 Å². The van der Waals surface area contributed by atoms with Gasteiger partial charge in [-0.3, -0.25) is 0 Å². The lowest BCUT2D eigenvalue weighted by Gasteiger charge is -2.10. The summed E-state index contributed by atoms with van der Waals surface area (Å²) in [7, 11) is -3.31. The molecular weight excluding hydrogens is 281 g/mol. The van der Waals surface area contributed by atoms with Gasteiger partial charge in [-0.25, -0.2) is 12.8 Å². The van der Waals surface area contributed by atoms with E-state index < -0.39 is 15.7 Å². The van der Waals surface area contributed by atoms with Gasteiger partial charge in [-0.15, -0.1) is 0 Å². The Morgan fingerprint density at radius 1 is 1.20 bits per heavy atom. The second-order valence-corrected chi connectivity index (χ2v) is 6.50. The van der Waals surface area contributed by atoms with Gasteiger partial charge in [0.2, 0.25) is 0 Å². The van der Waals surface area contributed by atoms with Gasteiger partial charge >= 0.3 is 0 Å². The lowest BCUT2D eigenvalue weighted by Crippen LogP contribution is -1.98. The second-order valence-electron chi connectivity index (χ2n) is 4.49. The monoisotopic (exact) mass is 295 g/mol. The summed E-state index contributed by atoms with van der Waals surface area (Å²) < 4.78 is 41.8. The minimum atomic E-state index is -3.31. The molecule has 0 bridgehead atoms. The molecule has 0 unspecified atom stereocenters. The number of benzene rings is 2. The molecule has 0 aliphatic heterocycles. The third-order valence-electron chi connectivity index (χ3n) is 2.75. The number of aryl methyl sites for hydroxylation is 1. The summed E-state index contributed by atoms with van der Waals surface area (Å²) in [5, 5.41) is 0. The molecule has 0 aromatic heterocycles. The molecule has 0 amide bonds. The normalized spacial score (nSPS) is 11.3. The van der Waals surface area contributed by atoms with Gasteiger partial charge in [0, 0.05) is 12.3 Å². The number of hydrogen-bond donors (Lipinski definition) is 1. The van der Waals surface area contributed by atoms with Gasteiger partial charge in [-0.2, -0.15) is 0 Å². The number of hydrogen-bond acceptors (Lipinski definition) is 4. The van der Waals surface area contributed by atoms with Crippen molar-refractivity contribution in [2.45, 2.75) is 11.8 Å². The summed E-state index contributed by atoms with van der Waals surface area (Å²) >= 11 is 0. The van der Waals surface area contributed by atoms with E-state index in [2.05, 4.69) is 0 Å². The average Bonchev–Trinajstić information content (AvgIpc) is 2.35. The van der Waals surface area contributed by atoms with Gasteiger partial charge in [0.05, 0.1) is 10.6 Å². The Kier molecular flexibility index (Phi) is 3.67. The van der Waals surface area contributed by atoms with E-state index in [4.69, 9.17) is 10.5 Å². The van der Waals surface area contributed by atoms with Crippen LogP contribution < -0.4 is 10.5 Å². The molecule has 0 spiro atoms. The largest absolute Gasteiger partial charge is 0.455 e. The summed E-state index contributed by atoms with van der Waals surface area (Å²) in [4.78, 5) is 0.146. The highest BCUT2D eigenvalue weighted by Gasteiger charge is 2.10. The maximum absolute atomic E-state index is 13.3. The smallest absolute Gasteiger partial charge is 0.175 e. The third-order valence-corrected chi connectivity index (χ3v) is 3.86. The zero-order chi connectivity index (χ0) is 14.9. The van der Waals surface area contributed by atoms with Crippen LogP contribution in [0.15, 0.2) is 41.3 Å². The van der Waals surface area contributed by atoms with Gasteiger partial charge in [0.15, 0.2) is 15.6 Å². The molecule has 2 aromatic carbocycles. The molecule has 106 valence electrons. The molecule has 0 saturated heterocycles. The predicted molar refractivity (Wildman–Crippen MR) is 75.2 cm³/mol. The molecule has 0 saturated carbocycles. The first-order chi connectivity index (χ1) is 9.27.